The number of nitrogens with two attached hydrogens (primary N) is 2. The molecule has 0 bridgehead atoms. The second-order valence-corrected chi connectivity index (χ2v) is 5.41. The first-order valence-electron chi connectivity index (χ1n) is 6.98. The summed E-state index contributed by atoms with van der Waals surface area (Å²) in [5.74, 6) is -1.19. The summed E-state index contributed by atoms with van der Waals surface area (Å²) in [4.78, 5) is 20.4. The number of aromatic nitrogens is 2. The molecule has 2 rings (SSSR count). The number of carbonyl (C=O) groups is 1. The van der Waals surface area contributed by atoms with Crippen molar-refractivity contribution >= 4 is 11.9 Å². The van der Waals surface area contributed by atoms with Gasteiger partial charge in [0.25, 0.3) is 5.91 Å². The molecule has 2 heterocycles. The number of anilines is 1. The molecule has 1 aliphatic heterocycles. The number of hydrogen-bond acceptors (Lipinski definition) is 5. The number of rotatable bonds is 3. The van der Waals surface area contributed by atoms with Crippen LogP contribution in [0.2, 0.25) is 0 Å². The highest BCUT2D eigenvalue weighted by atomic mass is 19.4. The van der Waals surface area contributed by atoms with E-state index < -0.39 is 29.3 Å². The van der Waals surface area contributed by atoms with Gasteiger partial charge in [-0.05, 0) is 12.3 Å². The zero-order chi connectivity index (χ0) is 16.5. The van der Waals surface area contributed by atoms with Crippen molar-refractivity contribution in [1.82, 2.24) is 14.9 Å². The molecule has 0 aromatic carbocycles. The third kappa shape index (κ3) is 3.29. The highest BCUT2D eigenvalue weighted by Gasteiger charge is 2.41. The first-order valence-corrected chi connectivity index (χ1v) is 6.98. The number of carbonyl (C=O) groups excluding carboxylic acids is 1. The number of halogens is 3. The van der Waals surface area contributed by atoms with Crippen LogP contribution in [-0.2, 0) is 6.18 Å². The van der Waals surface area contributed by atoms with Crippen molar-refractivity contribution < 1.29 is 18.0 Å². The SMILES string of the molecule is CCC[C@@H]1CN(C(=O)c2cnc(N)nc2C(F)(F)F)C[C@H]1N. The maximum atomic E-state index is 13.0. The van der Waals surface area contributed by atoms with E-state index in [1.54, 1.807) is 0 Å². The van der Waals surface area contributed by atoms with Crippen molar-refractivity contribution in [2.45, 2.75) is 32.0 Å². The van der Waals surface area contributed by atoms with Crippen LogP contribution in [0, 0.1) is 5.92 Å². The van der Waals surface area contributed by atoms with Crippen LogP contribution in [0.4, 0.5) is 19.1 Å². The van der Waals surface area contributed by atoms with Crippen LogP contribution >= 0.6 is 0 Å². The maximum absolute atomic E-state index is 13.0. The molecular formula is C13H18F3N5O. The Morgan fingerprint density at radius 1 is 1.45 bits per heavy atom. The van der Waals surface area contributed by atoms with Crippen molar-refractivity contribution in [3.05, 3.63) is 17.5 Å². The molecule has 1 amide bonds. The molecule has 1 aliphatic rings. The van der Waals surface area contributed by atoms with Gasteiger partial charge in [0.05, 0.1) is 5.56 Å². The van der Waals surface area contributed by atoms with Crippen molar-refractivity contribution in [2.24, 2.45) is 11.7 Å². The maximum Gasteiger partial charge on any atom is 0.434 e. The Kier molecular flexibility index (Phi) is 4.55. The molecule has 4 N–H and O–H groups in total. The van der Waals surface area contributed by atoms with E-state index in [0.717, 1.165) is 19.0 Å². The summed E-state index contributed by atoms with van der Waals surface area (Å²) in [6.45, 7) is 2.56. The fourth-order valence-electron chi connectivity index (χ4n) is 2.68. The standard InChI is InChI=1S/C13H18F3N5O/c1-2-3-7-5-21(6-9(7)17)11(22)8-4-19-12(18)20-10(8)13(14,15)16/h4,7,9H,2-3,5-6,17H2,1H3,(H2,18,19,20)/t7-,9-/m1/s1. The lowest BCUT2D eigenvalue weighted by Crippen LogP contribution is -2.34. The van der Waals surface area contributed by atoms with Gasteiger partial charge in [-0.25, -0.2) is 9.97 Å². The Labute approximate surface area is 125 Å². The lowest BCUT2D eigenvalue weighted by atomic mass is 9.99. The molecule has 0 radical (unpaired) electrons. The Bertz CT molecular complexity index is 563. The van der Waals surface area contributed by atoms with E-state index in [4.69, 9.17) is 11.5 Å². The van der Waals surface area contributed by atoms with E-state index in [1.807, 2.05) is 6.92 Å². The summed E-state index contributed by atoms with van der Waals surface area (Å²) in [5, 5.41) is 0. The van der Waals surface area contributed by atoms with Crippen LogP contribution < -0.4 is 11.5 Å². The first kappa shape index (κ1) is 16.5. The summed E-state index contributed by atoms with van der Waals surface area (Å²) >= 11 is 0. The highest BCUT2D eigenvalue weighted by molar-refractivity contribution is 5.95. The van der Waals surface area contributed by atoms with Gasteiger partial charge < -0.3 is 16.4 Å². The Morgan fingerprint density at radius 2 is 2.14 bits per heavy atom. The van der Waals surface area contributed by atoms with Crippen molar-refractivity contribution in [3.8, 4) is 0 Å². The highest BCUT2D eigenvalue weighted by Crippen LogP contribution is 2.32. The molecule has 1 fully saturated rings. The van der Waals surface area contributed by atoms with Gasteiger partial charge >= 0.3 is 6.18 Å². The second kappa shape index (κ2) is 6.07. The number of amides is 1. The number of nitrogens with zero attached hydrogens (tertiary/aromatic N) is 3. The molecule has 1 aromatic heterocycles. The van der Waals surface area contributed by atoms with Crippen LogP contribution in [0.1, 0.15) is 35.8 Å². The quantitative estimate of drug-likeness (QED) is 0.875. The predicted octanol–water partition coefficient (Wildman–Crippen LogP) is 1.28. The smallest absolute Gasteiger partial charge is 0.368 e. The van der Waals surface area contributed by atoms with Gasteiger partial charge in [-0.2, -0.15) is 13.2 Å². The van der Waals surface area contributed by atoms with E-state index in [1.165, 1.54) is 4.90 Å². The zero-order valence-electron chi connectivity index (χ0n) is 12.1. The normalized spacial score (nSPS) is 22.1. The summed E-state index contributed by atoms with van der Waals surface area (Å²) in [7, 11) is 0. The molecule has 2 atom stereocenters. The number of likely N-dealkylation sites (tertiary alicyclic amines) is 1. The number of alkyl halides is 3. The Balaban J connectivity index is 2.27. The van der Waals surface area contributed by atoms with Crippen LogP contribution in [-0.4, -0.2) is 39.9 Å². The molecule has 0 saturated carbocycles. The minimum atomic E-state index is -4.77. The van der Waals surface area contributed by atoms with Gasteiger partial charge in [0.2, 0.25) is 5.95 Å². The molecule has 0 spiro atoms. The van der Waals surface area contributed by atoms with Crippen LogP contribution in [0.5, 0.6) is 0 Å². The number of nitrogen functional groups attached to an aromatic ring is 1. The van der Waals surface area contributed by atoms with Gasteiger partial charge in [-0.15, -0.1) is 0 Å². The monoisotopic (exact) mass is 317 g/mol. The molecule has 0 aliphatic carbocycles. The van der Waals surface area contributed by atoms with E-state index in [-0.39, 0.29) is 18.5 Å². The first-order chi connectivity index (χ1) is 10.2. The molecule has 122 valence electrons. The molecule has 1 aromatic rings. The predicted molar refractivity (Wildman–Crippen MR) is 73.7 cm³/mol. The van der Waals surface area contributed by atoms with Crippen molar-refractivity contribution in [1.29, 1.82) is 0 Å². The largest absolute Gasteiger partial charge is 0.434 e. The van der Waals surface area contributed by atoms with E-state index >= 15 is 0 Å². The zero-order valence-corrected chi connectivity index (χ0v) is 12.1. The molecule has 6 nitrogen and oxygen atoms in total. The molecule has 22 heavy (non-hydrogen) atoms. The average Bonchev–Trinajstić information content (AvgIpc) is 2.79. The fraction of sp³-hybridized carbons (Fsp3) is 0.615. The van der Waals surface area contributed by atoms with Crippen LogP contribution in [0.3, 0.4) is 0 Å². The van der Waals surface area contributed by atoms with Crippen LogP contribution in [0.25, 0.3) is 0 Å². The molecule has 1 saturated heterocycles. The second-order valence-electron chi connectivity index (χ2n) is 5.41. The third-order valence-electron chi connectivity index (χ3n) is 3.74. The Hall–Kier alpha value is -1.90. The minimum Gasteiger partial charge on any atom is -0.368 e. The lowest BCUT2D eigenvalue weighted by molar-refractivity contribution is -0.141. The van der Waals surface area contributed by atoms with E-state index in [0.29, 0.717) is 6.54 Å². The van der Waals surface area contributed by atoms with Gasteiger partial charge in [0, 0.05) is 25.3 Å². The fourth-order valence-corrected chi connectivity index (χ4v) is 2.68. The minimum absolute atomic E-state index is 0.0954. The molecular weight excluding hydrogens is 299 g/mol. The topological polar surface area (TPSA) is 98.1 Å². The lowest BCUT2D eigenvalue weighted by Gasteiger charge is -2.18. The van der Waals surface area contributed by atoms with Crippen molar-refractivity contribution in [3.63, 3.8) is 0 Å². The van der Waals surface area contributed by atoms with Gasteiger partial charge in [0.15, 0.2) is 5.69 Å². The molecule has 9 heteroatoms. The van der Waals surface area contributed by atoms with Crippen LogP contribution in [0.15, 0.2) is 6.20 Å². The summed E-state index contributed by atoms with van der Waals surface area (Å²) in [5.41, 5.74) is 9.25. The van der Waals surface area contributed by atoms with Gasteiger partial charge in [-0.3, -0.25) is 4.79 Å². The van der Waals surface area contributed by atoms with Gasteiger partial charge in [-0.1, -0.05) is 13.3 Å². The molecule has 0 unspecified atom stereocenters. The van der Waals surface area contributed by atoms with E-state index in [2.05, 4.69) is 9.97 Å². The van der Waals surface area contributed by atoms with Crippen molar-refractivity contribution in [2.75, 3.05) is 18.8 Å². The van der Waals surface area contributed by atoms with E-state index in [9.17, 15) is 18.0 Å². The average molecular weight is 317 g/mol. The van der Waals surface area contributed by atoms with Gasteiger partial charge in [0.1, 0.15) is 0 Å². The summed E-state index contributed by atoms with van der Waals surface area (Å²) < 4.78 is 39.0. The Morgan fingerprint density at radius 3 is 2.73 bits per heavy atom. The summed E-state index contributed by atoms with van der Waals surface area (Å²) in [6, 6.07) is -0.229. The third-order valence-corrected chi connectivity index (χ3v) is 3.74. The number of hydrogen-bond donors (Lipinski definition) is 2. The summed E-state index contributed by atoms with van der Waals surface area (Å²) in [6.07, 6.45) is -2.21.